The highest BCUT2D eigenvalue weighted by Crippen LogP contribution is 2.31. The first-order chi connectivity index (χ1) is 11.6. The standard InChI is InChI=1S/C18H27N3O2S/c22-24(23,20-10-4-5-11-20)21-14-17-8-9-18(15-21)19(13-17)12-16-6-2-1-3-7-16/h1-3,6-7,17-18H,4-5,8-15H2/t17-,18-/m1/s1. The molecule has 6 heteroatoms. The average molecular weight is 350 g/mol. The Balaban J connectivity index is 1.50. The number of nitrogens with zero attached hydrogens (tertiary/aromatic N) is 3. The van der Waals surface area contributed by atoms with E-state index < -0.39 is 10.2 Å². The molecule has 2 bridgehead atoms. The first-order valence-electron chi connectivity index (χ1n) is 9.16. The van der Waals surface area contributed by atoms with Crippen LogP contribution in [0.4, 0.5) is 0 Å². The SMILES string of the molecule is O=S(=O)(N1CCCC1)N1C[C@@H]2CC[C@H](C1)N(Cc1ccccc1)C2. The molecule has 0 spiro atoms. The molecule has 4 aliphatic heterocycles. The second-order valence-corrected chi connectivity index (χ2v) is 9.37. The number of fused-ring (bicyclic) bond motifs is 4. The lowest BCUT2D eigenvalue weighted by Crippen LogP contribution is -2.47. The molecular formula is C18H27N3O2S. The molecule has 0 aromatic heterocycles. The summed E-state index contributed by atoms with van der Waals surface area (Å²) in [6, 6.07) is 10.9. The van der Waals surface area contributed by atoms with Gasteiger partial charge in [-0.3, -0.25) is 4.90 Å². The Hall–Kier alpha value is -0.950. The Labute approximate surface area is 145 Å². The lowest BCUT2D eigenvalue weighted by Gasteiger charge is -2.36. The van der Waals surface area contributed by atoms with Crippen molar-refractivity contribution in [1.29, 1.82) is 0 Å². The van der Waals surface area contributed by atoms with Gasteiger partial charge in [0.05, 0.1) is 0 Å². The second-order valence-electron chi connectivity index (χ2n) is 7.44. The van der Waals surface area contributed by atoms with E-state index in [0.29, 0.717) is 38.1 Å². The van der Waals surface area contributed by atoms with E-state index in [2.05, 4.69) is 29.2 Å². The fourth-order valence-corrected chi connectivity index (χ4v) is 6.22. The Morgan fingerprint density at radius 1 is 0.917 bits per heavy atom. The van der Waals surface area contributed by atoms with E-state index in [1.54, 1.807) is 8.61 Å². The number of hydrogen-bond acceptors (Lipinski definition) is 3. The summed E-state index contributed by atoms with van der Waals surface area (Å²) in [7, 11) is -3.27. The molecule has 4 fully saturated rings. The van der Waals surface area contributed by atoms with E-state index in [1.165, 1.54) is 5.56 Å². The Kier molecular flexibility index (Phi) is 4.64. The van der Waals surface area contributed by atoms with Gasteiger partial charge in [-0.2, -0.15) is 17.0 Å². The zero-order valence-corrected chi connectivity index (χ0v) is 15.0. The summed E-state index contributed by atoms with van der Waals surface area (Å²) in [5.74, 6) is 0.463. The van der Waals surface area contributed by atoms with Crippen LogP contribution in [0.1, 0.15) is 31.2 Å². The highest BCUT2D eigenvalue weighted by Gasteiger charge is 2.41. The van der Waals surface area contributed by atoms with Crippen molar-refractivity contribution < 1.29 is 8.42 Å². The highest BCUT2D eigenvalue weighted by atomic mass is 32.2. The average Bonchev–Trinajstić information content (AvgIpc) is 2.98. The molecule has 1 aromatic rings. The molecule has 1 aromatic carbocycles. The predicted molar refractivity (Wildman–Crippen MR) is 94.7 cm³/mol. The van der Waals surface area contributed by atoms with Crippen LogP contribution in [-0.4, -0.2) is 60.7 Å². The third kappa shape index (κ3) is 3.25. The topological polar surface area (TPSA) is 43.9 Å². The van der Waals surface area contributed by atoms with Crippen molar-refractivity contribution in [3.63, 3.8) is 0 Å². The first-order valence-corrected chi connectivity index (χ1v) is 10.6. The largest absolute Gasteiger partial charge is 0.294 e. The zero-order valence-electron chi connectivity index (χ0n) is 14.2. The molecule has 0 saturated carbocycles. The maximum atomic E-state index is 13.0. The van der Waals surface area contributed by atoms with Crippen LogP contribution in [0, 0.1) is 5.92 Å². The third-order valence-corrected chi connectivity index (χ3v) is 7.71. The van der Waals surface area contributed by atoms with Crippen molar-refractivity contribution in [1.82, 2.24) is 13.5 Å². The summed E-state index contributed by atoms with van der Waals surface area (Å²) in [6.45, 7) is 4.69. The smallest absolute Gasteiger partial charge is 0.282 e. The van der Waals surface area contributed by atoms with Gasteiger partial charge in [-0.1, -0.05) is 30.3 Å². The van der Waals surface area contributed by atoms with Crippen molar-refractivity contribution in [2.24, 2.45) is 5.92 Å². The molecule has 4 aliphatic rings. The quantitative estimate of drug-likeness (QED) is 0.834. The van der Waals surface area contributed by atoms with E-state index >= 15 is 0 Å². The Morgan fingerprint density at radius 2 is 1.67 bits per heavy atom. The van der Waals surface area contributed by atoms with Crippen molar-refractivity contribution in [3.8, 4) is 0 Å². The van der Waals surface area contributed by atoms with Crippen LogP contribution >= 0.6 is 0 Å². The lowest BCUT2D eigenvalue weighted by molar-refractivity contribution is 0.125. The Morgan fingerprint density at radius 3 is 2.42 bits per heavy atom. The normalized spacial score (nSPS) is 29.8. The minimum Gasteiger partial charge on any atom is -0.294 e. The maximum absolute atomic E-state index is 13.0. The maximum Gasteiger partial charge on any atom is 0.282 e. The lowest BCUT2D eigenvalue weighted by atomic mass is 9.94. The van der Waals surface area contributed by atoms with Gasteiger partial charge in [0, 0.05) is 45.3 Å². The molecule has 2 atom stereocenters. The molecule has 0 aliphatic carbocycles. The molecular weight excluding hydrogens is 322 g/mol. The van der Waals surface area contributed by atoms with E-state index in [0.717, 1.165) is 38.8 Å². The van der Waals surface area contributed by atoms with Crippen molar-refractivity contribution in [2.45, 2.75) is 38.3 Å². The molecule has 4 heterocycles. The van der Waals surface area contributed by atoms with Gasteiger partial charge in [-0.25, -0.2) is 0 Å². The van der Waals surface area contributed by atoms with E-state index in [-0.39, 0.29) is 0 Å². The summed E-state index contributed by atoms with van der Waals surface area (Å²) < 4.78 is 29.4. The fraction of sp³-hybridized carbons (Fsp3) is 0.667. The van der Waals surface area contributed by atoms with Crippen molar-refractivity contribution >= 4 is 10.2 Å². The van der Waals surface area contributed by atoms with Crippen LogP contribution in [0.15, 0.2) is 30.3 Å². The summed E-state index contributed by atoms with van der Waals surface area (Å²) in [4.78, 5) is 2.50. The molecule has 0 radical (unpaired) electrons. The van der Waals surface area contributed by atoms with Crippen LogP contribution in [0.5, 0.6) is 0 Å². The summed E-state index contributed by atoms with van der Waals surface area (Å²) in [5, 5.41) is 0. The molecule has 4 saturated heterocycles. The zero-order chi connectivity index (χ0) is 16.6. The van der Waals surface area contributed by atoms with Gasteiger partial charge in [0.1, 0.15) is 0 Å². The van der Waals surface area contributed by atoms with Crippen molar-refractivity contribution in [2.75, 3.05) is 32.7 Å². The van der Waals surface area contributed by atoms with Crippen LogP contribution in [-0.2, 0) is 16.8 Å². The number of rotatable bonds is 4. The van der Waals surface area contributed by atoms with Crippen molar-refractivity contribution in [3.05, 3.63) is 35.9 Å². The fourth-order valence-electron chi connectivity index (χ4n) is 4.42. The number of piperidine rings is 1. The molecule has 5 rings (SSSR count). The van der Waals surface area contributed by atoms with E-state index in [4.69, 9.17) is 0 Å². The second kappa shape index (κ2) is 6.75. The van der Waals surface area contributed by atoms with Gasteiger partial charge >= 0.3 is 0 Å². The van der Waals surface area contributed by atoms with E-state index in [9.17, 15) is 8.42 Å². The molecule has 0 unspecified atom stereocenters. The summed E-state index contributed by atoms with van der Waals surface area (Å²) >= 11 is 0. The molecule has 0 amide bonds. The van der Waals surface area contributed by atoms with Gasteiger partial charge in [0.2, 0.25) is 0 Å². The molecule has 132 valence electrons. The van der Waals surface area contributed by atoms with Gasteiger partial charge in [0.25, 0.3) is 10.2 Å². The first kappa shape index (κ1) is 16.5. The van der Waals surface area contributed by atoms with Gasteiger partial charge in [-0.05, 0) is 37.2 Å². The molecule has 24 heavy (non-hydrogen) atoms. The minimum absolute atomic E-state index is 0.348. The highest BCUT2D eigenvalue weighted by molar-refractivity contribution is 7.86. The third-order valence-electron chi connectivity index (χ3n) is 5.74. The van der Waals surface area contributed by atoms with E-state index in [1.807, 2.05) is 6.07 Å². The number of hydrogen-bond donors (Lipinski definition) is 0. The number of benzene rings is 1. The van der Waals surface area contributed by atoms with Gasteiger partial charge in [-0.15, -0.1) is 0 Å². The van der Waals surface area contributed by atoms with Crippen LogP contribution in [0.3, 0.4) is 0 Å². The summed E-state index contributed by atoms with van der Waals surface area (Å²) in [6.07, 6.45) is 4.27. The summed E-state index contributed by atoms with van der Waals surface area (Å²) in [5.41, 5.74) is 1.32. The van der Waals surface area contributed by atoms with Crippen LogP contribution in [0.2, 0.25) is 0 Å². The van der Waals surface area contributed by atoms with Gasteiger partial charge < -0.3 is 0 Å². The monoisotopic (exact) mass is 349 g/mol. The molecule has 0 N–H and O–H groups in total. The van der Waals surface area contributed by atoms with Crippen LogP contribution in [0.25, 0.3) is 0 Å². The predicted octanol–water partition coefficient (Wildman–Crippen LogP) is 1.92. The Bertz CT molecular complexity index is 658. The van der Waals surface area contributed by atoms with Crippen LogP contribution < -0.4 is 0 Å². The minimum atomic E-state index is -3.27. The molecule has 5 nitrogen and oxygen atoms in total. The van der Waals surface area contributed by atoms with Gasteiger partial charge in [0.15, 0.2) is 0 Å².